The van der Waals surface area contributed by atoms with Gasteiger partial charge in [-0.2, -0.15) is 0 Å². The highest BCUT2D eigenvalue weighted by Gasteiger charge is 2.05. The molecule has 1 aromatic rings. The van der Waals surface area contributed by atoms with E-state index in [4.69, 9.17) is 0 Å². The van der Waals surface area contributed by atoms with Crippen molar-refractivity contribution in [3.8, 4) is 0 Å². The van der Waals surface area contributed by atoms with Crippen molar-refractivity contribution >= 4 is 0 Å². The molecule has 1 aromatic carbocycles. The molecule has 1 aliphatic carbocycles. The number of benzene rings is 1. The maximum Gasteiger partial charge on any atom is -0.00639 e. The molecule has 0 amide bonds. The Morgan fingerprint density at radius 2 is 1.50 bits per heavy atom. The minimum absolute atomic E-state index is 0.741. The zero-order valence-electron chi connectivity index (χ0n) is 13.9. The first-order chi connectivity index (χ1) is 9.63. The van der Waals surface area contributed by atoms with Crippen LogP contribution in [0.4, 0.5) is 0 Å². The van der Waals surface area contributed by atoms with Crippen molar-refractivity contribution in [1.82, 2.24) is 0 Å². The fourth-order valence-electron chi connectivity index (χ4n) is 2.46. The first-order valence-electron chi connectivity index (χ1n) is 8.06. The molecule has 0 aromatic heterocycles. The molecule has 0 nitrogen and oxygen atoms in total. The highest BCUT2D eigenvalue weighted by Crippen LogP contribution is 2.21. The van der Waals surface area contributed by atoms with Gasteiger partial charge in [0, 0.05) is 0 Å². The van der Waals surface area contributed by atoms with Gasteiger partial charge in [-0.05, 0) is 49.7 Å². The molecule has 0 aliphatic heterocycles. The monoisotopic (exact) mass is 270 g/mol. The largest absolute Gasteiger partial charge is 0.0730 e. The van der Waals surface area contributed by atoms with Crippen molar-refractivity contribution in [1.29, 1.82) is 0 Å². The zero-order valence-corrected chi connectivity index (χ0v) is 13.9. The summed E-state index contributed by atoms with van der Waals surface area (Å²) in [6.45, 7) is 10.8. The molecule has 110 valence electrons. The summed E-state index contributed by atoms with van der Waals surface area (Å²) in [5.74, 6) is 0.741. The number of rotatable bonds is 4. The van der Waals surface area contributed by atoms with Crippen LogP contribution in [0.25, 0.3) is 0 Å². The first kappa shape index (κ1) is 16.8. The Hall–Kier alpha value is -1.30. The number of allylic oxidation sites excluding steroid dienone is 4. The van der Waals surface area contributed by atoms with Gasteiger partial charge in [-0.3, -0.25) is 0 Å². The lowest BCUT2D eigenvalue weighted by molar-refractivity contribution is 0.647. The van der Waals surface area contributed by atoms with E-state index in [0.29, 0.717) is 0 Å². The quantitative estimate of drug-likeness (QED) is 0.618. The summed E-state index contributed by atoms with van der Waals surface area (Å²) >= 11 is 0. The van der Waals surface area contributed by atoms with Crippen LogP contribution in [0.2, 0.25) is 0 Å². The molecular weight excluding hydrogens is 240 g/mol. The van der Waals surface area contributed by atoms with E-state index in [-0.39, 0.29) is 0 Å². The molecule has 0 N–H and O–H groups in total. The summed E-state index contributed by atoms with van der Waals surface area (Å²) in [6, 6.07) is 9.17. The van der Waals surface area contributed by atoms with Crippen LogP contribution in [0.1, 0.15) is 58.6 Å². The molecule has 0 saturated carbocycles. The minimum atomic E-state index is 0.741. The number of hydrogen-bond acceptors (Lipinski definition) is 0. The fraction of sp³-hybridized carbons (Fsp3) is 0.500. The maximum absolute atomic E-state index is 2.31. The molecule has 1 aliphatic rings. The molecule has 0 bridgehead atoms. The van der Waals surface area contributed by atoms with E-state index in [1.807, 2.05) is 13.8 Å². The summed E-state index contributed by atoms with van der Waals surface area (Å²) in [4.78, 5) is 0. The Bertz CT molecular complexity index is 443. The molecule has 0 unspecified atom stereocenters. The van der Waals surface area contributed by atoms with E-state index >= 15 is 0 Å². The lowest BCUT2D eigenvalue weighted by Crippen LogP contribution is -1.97. The molecule has 0 heteroatoms. The highest BCUT2D eigenvalue weighted by atomic mass is 14.1. The van der Waals surface area contributed by atoms with Gasteiger partial charge in [0.1, 0.15) is 0 Å². The summed E-state index contributed by atoms with van der Waals surface area (Å²) in [5.41, 5.74) is 5.98. The van der Waals surface area contributed by atoms with Crippen molar-refractivity contribution in [2.24, 2.45) is 5.92 Å². The van der Waals surface area contributed by atoms with Gasteiger partial charge >= 0.3 is 0 Å². The summed E-state index contributed by atoms with van der Waals surface area (Å²) in [7, 11) is 0. The van der Waals surface area contributed by atoms with Crippen LogP contribution in [0.3, 0.4) is 0 Å². The number of hydrogen-bond donors (Lipinski definition) is 0. The van der Waals surface area contributed by atoms with Crippen molar-refractivity contribution in [3.05, 3.63) is 58.7 Å². The Morgan fingerprint density at radius 3 is 2.00 bits per heavy atom. The van der Waals surface area contributed by atoms with Crippen LogP contribution in [0, 0.1) is 5.92 Å². The molecule has 0 saturated heterocycles. The van der Waals surface area contributed by atoms with Gasteiger partial charge in [-0.15, -0.1) is 0 Å². The van der Waals surface area contributed by atoms with Gasteiger partial charge < -0.3 is 0 Å². The smallest absolute Gasteiger partial charge is 0.00639 e. The molecule has 0 spiro atoms. The average Bonchev–Trinajstić information content (AvgIpc) is 2.45. The van der Waals surface area contributed by atoms with Crippen molar-refractivity contribution < 1.29 is 0 Å². The third-order valence-corrected chi connectivity index (χ3v) is 3.54. The maximum atomic E-state index is 2.31. The predicted octanol–water partition coefficient (Wildman–Crippen LogP) is 6.12. The van der Waals surface area contributed by atoms with E-state index < -0.39 is 0 Å². The molecule has 0 atom stereocenters. The molecule has 0 heterocycles. The van der Waals surface area contributed by atoms with Crippen LogP contribution in [-0.4, -0.2) is 0 Å². The SMILES string of the molecule is CC.CC1=CC=C(Cc2ccc(CC(C)C)cc2)CC1. The third-order valence-electron chi connectivity index (χ3n) is 3.54. The van der Waals surface area contributed by atoms with Gasteiger partial charge in [0.2, 0.25) is 0 Å². The normalized spacial score (nSPS) is 14.3. The van der Waals surface area contributed by atoms with Gasteiger partial charge in [0.15, 0.2) is 0 Å². The van der Waals surface area contributed by atoms with E-state index in [9.17, 15) is 0 Å². The second kappa shape index (κ2) is 8.79. The molecule has 2 rings (SSSR count). The van der Waals surface area contributed by atoms with E-state index in [1.165, 1.54) is 36.0 Å². The Morgan fingerprint density at radius 1 is 0.900 bits per heavy atom. The Kier molecular flexibility index (Phi) is 7.36. The molecule has 0 fully saturated rings. The fourth-order valence-corrected chi connectivity index (χ4v) is 2.46. The predicted molar refractivity (Wildman–Crippen MR) is 91.1 cm³/mol. The molecule has 0 radical (unpaired) electrons. The summed E-state index contributed by atoms with van der Waals surface area (Å²) < 4.78 is 0. The standard InChI is InChI=1S/C18H24.C2H6/c1-14(2)12-16-8-10-18(11-9-16)13-17-6-4-15(3)5-7-17;1-2/h4,6,8-11,14H,5,7,12-13H2,1-3H3;1-2H3. The van der Waals surface area contributed by atoms with E-state index in [2.05, 4.69) is 57.2 Å². The Labute approximate surface area is 125 Å². The average molecular weight is 270 g/mol. The topological polar surface area (TPSA) is 0 Å². The highest BCUT2D eigenvalue weighted by molar-refractivity contribution is 5.30. The minimum Gasteiger partial charge on any atom is -0.0730 e. The van der Waals surface area contributed by atoms with Gasteiger partial charge in [-0.25, -0.2) is 0 Å². The van der Waals surface area contributed by atoms with Gasteiger partial charge in [0.25, 0.3) is 0 Å². The first-order valence-corrected chi connectivity index (χ1v) is 8.06. The van der Waals surface area contributed by atoms with Crippen molar-refractivity contribution in [3.63, 3.8) is 0 Å². The van der Waals surface area contributed by atoms with E-state index in [1.54, 1.807) is 5.57 Å². The Balaban J connectivity index is 0.000000956. The van der Waals surface area contributed by atoms with Crippen LogP contribution in [0.15, 0.2) is 47.6 Å². The van der Waals surface area contributed by atoms with Crippen LogP contribution in [0.5, 0.6) is 0 Å². The van der Waals surface area contributed by atoms with Crippen LogP contribution in [-0.2, 0) is 12.8 Å². The van der Waals surface area contributed by atoms with Crippen molar-refractivity contribution in [2.45, 2.75) is 60.3 Å². The second-order valence-electron chi connectivity index (χ2n) is 5.93. The summed E-state index contributed by atoms with van der Waals surface area (Å²) in [5, 5.41) is 0. The van der Waals surface area contributed by atoms with Crippen LogP contribution >= 0.6 is 0 Å². The lowest BCUT2D eigenvalue weighted by atomic mass is 9.93. The van der Waals surface area contributed by atoms with E-state index in [0.717, 1.165) is 12.3 Å². The zero-order chi connectivity index (χ0) is 15.0. The summed E-state index contributed by atoms with van der Waals surface area (Å²) in [6.07, 6.45) is 9.34. The lowest BCUT2D eigenvalue weighted by Gasteiger charge is -2.12. The van der Waals surface area contributed by atoms with Crippen LogP contribution < -0.4 is 0 Å². The van der Waals surface area contributed by atoms with Gasteiger partial charge in [0.05, 0.1) is 0 Å². The molecular formula is C20H30. The van der Waals surface area contributed by atoms with Crippen molar-refractivity contribution in [2.75, 3.05) is 0 Å². The second-order valence-corrected chi connectivity index (χ2v) is 5.93. The molecule has 20 heavy (non-hydrogen) atoms. The third kappa shape index (κ3) is 5.77. The van der Waals surface area contributed by atoms with Gasteiger partial charge in [-0.1, -0.05) is 75.3 Å².